The van der Waals surface area contributed by atoms with Gasteiger partial charge in [0, 0.05) is 29.1 Å². The number of hydrogen-bond donors (Lipinski definition) is 3. The van der Waals surface area contributed by atoms with Crippen LogP contribution in [0.15, 0.2) is 69.5 Å². The quantitative estimate of drug-likeness (QED) is 0.328. The zero-order chi connectivity index (χ0) is 30.7. The number of alkyl carbamates (subject to hydrolysis) is 1. The molecule has 0 spiro atoms. The number of carbonyl (C=O) groups is 2. The number of piperidine rings is 1. The highest BCUT2D eigenvalue weighted by atomic mass is 35.5. The number of halogens is 1. The molecule has 1 aromatic heterocycles. The van der Waals surface area contributed by atoms with Crippen molar-refractivity contribution in [2.45, 2.75) is 66.5 Å². The fourth-order valence-electron chi connectivity index (χ4n) is 4.22. The SMILES string of the molecule is CC1(NC(=O)OC(C)(C)C)CCN(c2cnc(Sc3cccc(S(=O)(=O)NC(=O)c4ccccc4)c3Cl)c(N)n2)CC1. The van der Waals surface area contributed by atoms with Gasteiger partial charge >= 0.3 is 6.09 Å². The molecule has 2 heterocycles. The Balaban J connectivity index is 1.43. The average Bonchev–Trinajstić information content (AvgIpc) is 2.90. The number of aromatic nitrogens is 2. The monoisotopic (exact) mass is 632 g/mol. The number of nitrogens with two attached hydrogens (primary N) is 1. The Labute approximate surface area is 254 Å². The predicted molar refractivity (Wildman–Crippen MR) is 162 cm³/mol. The molecule has 2 aromatic carbocycles. The smallest absolute Gasteiger partial charge is 0.408 e. The Kier molecular flexibility index (Phi) is 9.24. The number of amides is 2. The molecule has 0 bridgehead atoms. The summed E-state index contributed by atoms with van der Waals surface area (Å²) in [6.45, 7) is 8.69. The van der Waals surface area contributed by atoms with Crippen LogP contribution >= 0.6 is 23.4 Å². The Hall–Kier alpha value is -3.55. The molecule has 11 nitrogen and oxygen atoms in total. The molecule has 4 N–H and O–H groups in total. The number of ether oxygens (including phenoxy) is 1. The molecule has 2 amide bonds. The average molecular weight is 633 g/mol. The van der Waals surface area contributed by atoms with E-state index in [4.69, 9.17) is 22.1 Å². The van der Waals surface area contributed by atoms with Crippen molar-refractivity contribution >= 4 is 57.0 Å². The van der Waals surface area contributed by atoms with Gasteiger partial charge < -0.3 is 20.7 Å². The van der Waals surface area contributed by atoms with E-state index in [1.165, 1.54) is 24.3 Å². The number of nitrogen functional groups attached to an aromatic ring is 1. The molecule has 0 saturated carbocycles. The summed E-state index contributed by atoms with van der Waals surface area (Å²) in [5.74, 6) is -0.0317. The van der Waals surface area contributed by atoms with E-state index in [-0.39, 0.29) is 21.3 Å². The van der Waals surface area contributed by atoms with Gasteiger partial charge in [0.2, 0.25) is 0 Å². The Morgan fingerprint density at radius 3 is 2.38 bits per heavy atom. The van der Waals surface area contributed by atoms with Crippen LogP contribution in [0.3, 0.4) is 0 Å². The number of benzene rings is 2. The van der Waals surface area contributed by atoms with Crippen molar-refractivity contribution in [3.63, 3.8) is 0 Å². The third-order valence-corrected chi connectivity index (χ3v) is 9.50. The van der Waals surface area contributed by atoms with Gasteiger partial charge in [-0.1, -0.05) is 47.6 Å². The highest BCUT2D eigenvalue weighted by molar-refractivity contribution is 7.99. The number of rotatable bonds is 7. The van der Waals surface area contributed by atoms with Gasteiger partial charge in [-0.3, -0.25) is 4.79 Å². The Morgan fingerprint density at radius 1 is 1.10 bits per heavy atom. The highest BCUT2D eigenvalue weighted by Gasteiger charge is 2.34. The molecule has 1 aliphatic rings. The maximum atomic E-state index is 13.0. The van der Waals surface area contributed by atoms with E-state index in [0.717, 1.165) is 11.8 Å². The molecule has 1 fully saturated rings. The minimum absolute atomic E-state index is 0.0751. The van der Waals surface area contributed by atoms with Gasteiger partial charge in [-0.25, -0.2) is 27.9 Å². The zero-order valence-electron chi connectivity index (χ0n) is 23.7. The van der Waals surface area contributed by atoms with E-state index >= 15 is 0 Å². The first-order valence-corrected chi connectivity index (χ1v) is 15.8. The molecule has 3 aromatic rings. The maximum Gasteiger partial charge on any atom is 0.408 e. The van der Waals surface area contributed by atoms with Crippen LogP contribution in [0.4, 0.5) is 16.4 Å². The lowest BCUT2D eigenvalue weighted by Crippen LogP contribution is -2.54. The van der Waals surface area contributed by atoms with Gasteiger partial charge in [0.15, 0.2) is 5.82 Å². The van der Waals surface area contributed by atoms with E-state index in [1.54, 1.807) is 30.5 Å². The van der Waals surface area contributed by atoms with E-state index in [9.17, 15) is 18.0 Å². The number of hydrogen-bond acceptors (Lipinski definition) is 10. The van der Waals surface area contributed by atoms with Gasteiger partial charge in [-0.05, 0) is 64.8 Å². The molecule has 0 radical (unpaired) electrons. The first-order chi connectivity index (χ1) is 19.7. The number of nitrogens with zero attached hydrogens (tertiary/aromatic N) is 3. The van der Waals surface area contributed by atoms with E-state index in [0.29, 0.717) is 41.7 Å². The van der Waals surface area contributed by atoms with Crippen molar-refractivity contribution in [3.8, 4) is 0 Å². The summed E-state index contributed by atoms with van der Waals surface area (Å²) < 4.78 is 33.4. The van der Waals surface area contributed by atoms with Crippen LogP contribution in [-0.4, -0.2) is 54.6 Å². The number of carbonyl (C=O) groups excluding carboxylic acids is 2. The van der Waals surface area contributed by atoms with Gasteiger partial charge in [0.25, 0.3) is 15.9 Å². The van der Waals surface area contributed by atoms with E-state index < -0.39 is 33.2 Å². The van der Waals surface area contributed by atoms with Crippen molar-refractivity contribution in [1.82, 2.24) is 20.0 Å². The third kappa shape index (κ3) is 7.84. The lowest BCUT2D eigenvalue weighted by molar-refractivity contribution is 0.0448. The largest absolute Gasteiger partial charge is 0.444 e. The van der Waals surface area contributed by atoms with E-state index in [1.807, 2.05) is 32.6 Å². The van der Waals surface area contributed by atoms with Crippen LogP contribution < -0.4 is 20.7 Å². The summed E-state index contributed by atoms with van der Waals surface area (Å²) in [6, 6.07) is 12.5. The van der Waals surface area contributed by atoms with Crippen LogP contribution in [0.5, 0.6) is 0 Å². The third-order valence-electron chi connectivity index (χ3n) is 6.43. The summed E-state index contributed by atoms with van der Waals surface area (Å²) in [4.78, 5) is 35.9. The van der Waals surface area contributed by atoms with Gasteiger partial charge in [0.05, 0.1) is 11.2 Å². The molecule has 0 unspecified atom stereocenters. The molecule has 1 aliphatic heterocycles. The Bertz CT molecular complexity index is 1570. The first kappa shape index (κ1) is 31.4. The second-order valence-electron chi connectivity index (χ2n) is 11.1. The summed E-state index contributed by atoms with van der Waals surface area (Å²) >= 11 is 7.55. The Morgan fingerprint density at radius 2 is 1.76 bits per heavy atom. The lowest BCUT2D eigenvalue weighted by atomic mass is 9.90. The van der Waals surface area contributed by atoms with Gasteiger partial charge in [-0.15, -0.1) is 0 Å². The van der Waals surface area contributed by atoms with Crippen LogP contribution in [0.2, 0.25) is 5.02 Å². The summed E-state index contributed by atoms with van der Waals surface area (Å²) in [7, 11) is -4.26. The normalized spacial score (nSPS) is 15.1. The van der Waals surface area contributed by atoms with Crippen molar-refractivity contribution in [1.29, 1.82) is 0 Å². The molecule has 14 heteroatoms. The molecule has 4 rings (SSSR count). The molecule has 42 heavy (non-hydrogen) atoms. The van der Waals surface area contributed by atoms with Gasteiger partial charge in [-0.2, -0.15) is 0 Å². The zero-order valence-corrected chi connectivity index (χ0v) is 26.1. The molecule has 224 valence electrons. The molecular weight excluding hydrogens is 600 g/mol. The minimum Gasteiger partial charge on any atom is -0.444 e. The number of sulfonamides is 1. The molecule has 1 saturated heterocycles. The number of nitrogens with one attached hydrogen (secondary N) is 2. The van der Waals surface area contributed by atoms with Crippen molar-refractivity contribution in [2.75, 3.05) is 23.7 Å². The van der Waals surface area contributed by atoms with Crippen molar-refractivity contribution in [2.24, 2.45) is 0 Å². The van der Waals surface area contributed by atoms with Crippen LogP contribution in [0.25, 0.3) is 0 Å². The topological polar surface area (TPSA) is 157 Å². The predicted octanol–water partition coefficient (Wildman–Crippen LogP) is 4.87. The summed E-state index contributed by atoms with van der Waals surface area (Å²) in [5.41, 5.74) is 5.45. The maximum absolute atomic E-state index is 13.0. The fraction of sp³-hybridized carbons (Fsp3) is 0.357. The lowest BCUT2D eigenvalue weighted by Gasteiger charge is -2.40. The molecule has 0 aliphatic carbocycles. The summed E-state index contributed by atoms with van der Waals surface area (Å²) in [6.07, 6.45) is 2.49. The molecule has 0 atom stereocenters. The summed E-state index contributed by atoms with van der Waals surface area (Å²) in [5, 5.41) is 3.25. The highest BCUT2D eigenvalue weighted by Crippen LogP contribution is 2.38. The van der Waals surface area contributed by atoms with Gasteiger partial charge in [0.1, 0.15) is 21.3 Å². The number of anilines is 2. The first-order valence-electron chi connectivity index (χ1n) is 13.1. The minimum atomic E-state index is -4.26. The van der Waals surface area contributed by atoms with Crippen LogP contribution in [-0.2, 0) is 14.8 Å². The van der Waals surface area contributed by atoms with Crippen molar-refractivity contribution < 1.29 is 22.7 Å². The van der Waals surface area contributed by atoms with Crippen LogP contribution in [0, 0.1) is 0 Å². The second kappa shape index (κ2) is 12.4. The molecular formula is C28H33ClN6O5S2. The second-order valence-corrected chi connectivity index (χ2v) is 14.1. The van der Waals surface area contributed by atoms with E-state index in [2.05, 4.69) is 20.0 Å². The van der Waals surface area contributed by atoms with Crippen LogP contribution in [0.1, 0.15) is 50.9 Å². The fourth-order valence-corrected chi connectivity index (χ4v) is 6.72. The van der Waals surface area contributed by atoms with Crippen molar-refractivity contribution in [3.05, 3.63) is 65.3 Å². The standard InChI is InChI=1S/C28H33ClN6O5S2/c1-27(2,3)40-26(37)33-28(4)13-15-35(16-14-28)21-17-31-25(23(30)32-21)41-19-11-8-12-20(22(19)29)42(38,39)34-24(36)18-9-6-5-7-10-18/h5-12,17H,13-16H2,1-4H3,(H2,30,32)(H,33,37)(H,34,36).